The highest BCUT2D eigenvalue weighted by molar-refractivity contribution is 5.78. The first-order valence-electron chi connectivity index (χ1n) is 5.35. The minimum absolute atomic E-state index is 0.0552. The Morgan fingerprint density at radius 2 is 1.10 bits per heavy atom. The number of rotatable bonds is 3. The van der Waals surface area contributed by atoms with E-state index in [9.17, 15) is 30.4 Å². The smallest absolute Gasteiger partial charge is 0.270 e. The van der Waals surface area contributed by atoms with Crippen molar-refractivity contribution in [2.75, 3.05) is 0 Å². The van der Waals surface area contributed by atoms with Gasteiger partial charge in [0.1, 0.15) is 11.5 Å². The van der Waals surface area contributed by atoms with Gasteiger partial charge in [-0.15, -0.1) is 0 Å². The highest BCUT2D eigenvalue weighted by Crippen LogP contribution is 2.39. The summed E-state index contributed by atoms with van der Waals surface area (Å²) >= 11 is 0. The molecule has 8 heteroatoms. The molecule has 0 fully saturated rings. The van der Waals surface area contributed by atoms with Crippen LogP contribution in [0.2, 0.25) is 0 Å². The van der Waals surface area contributed by atoms with Gasteiger partial charge >= 0.3 is 0 Å². The second kappa shape index (κ2) is 4.84. The van der Waals surface area contributed by atoms with Crippen molar-refractivity contribution in [3.63, 3.8) is 0 Å². The number of nitro groups is 2. The number of nitro benzene ring substituents is 2. The van der Waals surface area contributed by atoms with E-state index in [1.165, 1.54) is 0 Å². The van der Waals surface area contributed by atoms with Crippen LogP contribution in [0, 0.1) is 20.2 Å². The summed E-state index contributed by atoms with van der Waals surface area (Å²) in [6, 6.07) is 6.43. The van der Waals surface area contributed by atoms with Crippen molar-refractivity contribution in [2.24, 2.45) is 0 Å². The number of non-ortho nitro benzene ring substituents is 2. The molecule has 0 unspecified atom stereocenters. The zero-order valence-electron chi connectivity index (χ0n) is 9.89. The highest BCUT2D eigenvalue weighted by atomic mass is 16.6. The fourth-order valence-corrected chi connectivity index (χ4v) is 1.71. The van der Waals surface area contributed by atoms with Gasteiger partial charge in [-0.2, -0.15) is 0 Å². The topological polar surface area (TPSA) is 127 Å². The molecule has 2 N–H and O–H groups in total. The standard InChI is InChI=1S/C12H8N2O6/c15-11-3-1-7(13(17)18)5-9(11)10-6-8(14(19)20)2-4-12(10)16/h1-6,15-16H. The van der Waals surface area contributed by atoms with Gasteiger partial charge in [-0.25, -0.2) is 0 Å². The summed E-state index contributed by atoms with van der Waals surface area (Å²) in [5, 5.41) is 40.9. The molecule has 20 heavy (non-hydrogen) atoms. The predicted molar refractivity (Wildman–Crippen MR) is 68.5 cm³/mol. The number of aromatic hydroxyl groups is 2. The summed E-state index contributed by atoms with van der Waals surface area (Å²) < 4.78 is 0. The summed E-state index contributed by atoms with van der Waals surface area (Å²) in [5.41, 5.74) is -0.715. The van der Waals surface area contributed by atoms with Crippen LogP contribution in [0.4, 0.5) is 11.4 Å². The molecule has 0 spiro atoms. The van der Waals surface area contributed by atoms with Gasteiger partial charge in [-0.3, -0.25) is 20.2 Å². The first kappa shape index (κ1) is 13.3. The third kappa shape index (κ3) is 2.34. The maximum atomic E-state index is 10.7. The van der Waals surface area contributed by atoms with Gasteiger partial charge in [0.15, 0.2) is 0 Å². The van der Waals surface area contributed by atoms with Gasteiger partial charge in [0.05, 0.1) is 9.85 Å². The predicted octanol–water partition coefficient (Wildman–Crippen LogP) is 2.58. The van der Waals surface area contributed by atoms with Crippen LogP contribution in [-0.4, -0.2) is 20.1 Å². The van der Waals surface area contributed by atoms with Gasteiger partial charge in [0, 0.05) is 35.4 Å². The van der Waals surface area contributed by atoms with Crippen molar-refractivity contribution in [3.8, 4) is 22.6 Å². The van der Waals surface area contributed by atoms with Crippen molar-refractivity contribution in [1.29, 1.82) is 0 Å². The lowest BCUT2D eigenvalue weighted by Crippen LogP contribution is -1.91. The Bertz CT molecular complexity index is 652. The molecule has 0 aromatic heterocycles. The molecule has 0 saturated carbocycles. The molecule has 2 aromatic rings. The second-order valence-corrected chi connectivity index (χ2v) is 3.92. The van der Waals surface area contributed by atoms with Crippen molar-refractivity contribution < 1.29 is 20.1 Å². The Balaban J connectivity index is 2.67. The average molecular weight is 276 g/mol. The fraction of sp³-hybridized carbons (Fsp3) is 0. The monoisotopic (exact) mass is 276 g/mol. The molecule has 0 heterocycles. The zero-order valence-corrected chi connectivity index (χ0v) is 9.89. The van der Waals surface area contributed by atoms with Gasteiger partial charge in [-0.05, 0) is 12.1 Å². The molecular weight excluding hydrogens is 268 g/mol. The van der Waals surface area contributed by atoms with E-state index in [1.54, 1.807) is 0 Å². The Morgan fingerprint density at radius 3 is 1.40 bits per heavy atom. The number of hydrogen-bond donors (Lipinski definition) is 2. The molecular formula is C12H8N2O6. The van der Waals surface area contributed by atoms with Crippen LogP contribution in [0.25, 0.3) is 11.1 Å². The van der Waals surface area contributed by atoms with E-state index in [-0.39, 0.29) is 34.0 Å². The van der Waals surface area contributed by atoms with Gasteiger partial charge < -0.3 is 10.2 Å². The zero-order chi connectivity index (χ0) is 14.9. The van der Waals surface area contributed by atoms with E-state index in [0.717, 1.165) is 36.4 Å². The number of nitrogens with zero attached hydrogens (tertiary/aromatic N) is 2. The van der Waals surface area contributed by atoms with E-state index in [1.807, 2.05) is 0 Å². The summed E-state index contributed by atoms with van der Waals surface area (Å²) in [6.07, 6.45) is 0. The summed E-state index contributed by atoms with van der Waals surface area (Å²) in [7, 11) is 0. The van der Waals surface area contributed by atoms with E-state index < -0.39 is 9.85 Å². The average Bonchev–Trinajstić information content (AvgIpc) is 2.39. The highest BCUT2D eigenvalue weighted by Gasteiger charge is 2.17. The lowest BCUT2D eigenvalue weighted by Gasteiger charge is -2.07. The third-order valence-electron chi connectivity index (χ3n) is 2.67. The van der Waals surface area contributed by atoms with Crippen molar-refractivity contribution in [3.05, 3.63) is 56.6 Å². The molecule has 0 aliphatic carbocycles. The molecule has 2 aromatic carbocycles. The first-order valence-corrected chi connectivity index (χ1v) is 5.35. The van der Waals surface area contributed by atoms with Gasteiger partial charge in [0.2, 0.25) is 0 Å². The van der Waals surface area contributed by atoms with Crippen LogP contribution in [0.3, 0.4) is 0 Å². The SMILES string of the molecule is O=[N+]([O-])c1ccc(O)c(-c2cc([N+](=O)[O-])ccc2O)c1. The molecule has 102 valence electrons. The maximum absolute atomic E-state index is 10.7. The molecule has 0 atom stereocenters. The number of phenols is 2. The van der Waals surface area contributed by atoms with Crippen LogP contribution in [0.15, 0.2) is 36.4 Å². The summed E-state index contributed by atoms with van der Waals surface area (Å²) in [6.45, 7) is 0. The van der Waals surface area contributed by atoms with E-state index >= 15 is 0 Å². The molecule has 0 saturated heterocycles. The molecule has 0 aliphatic rings. The van der Waals surface area contributed by atoms with Crippen LogP contribution in [0.5, 0.6) is 11.5 Å². The van der Waals surface area contributed by atoms with Crippen molar-refractivity contribution in [1.82, 2.24) is 0 Å². The largest absolute Gasteiger partial charge is 0.507 e. The molecule has 8 nitrogen and oxygen atoms in total. The van der Waals surface area contributed by atoms with Gasteiger partial charge in [-0.1, -0.05) is 0 Å². The molecule has 2 rings (SSSR count). The van der Waals surface area contributed by atoms with Gasteiger partial charge in [0.25, 0.3) is 11.4 Å². The normalized spacial score (nSPS) is 10.2. The lowest BCUT2D eigenvalue weighted by atomic mass is 10.0. The first-order chi connectivity index (χ1) is 9.40. The Labute approximate surface area is 111 Å². The minimum atomic E-state index is -0.669. The number of benzene rings is 2. The van der Waals surface area contributed by atoms with Crippen LogP contribution in [0.1, 0.15) is 0 Å². The lowest BCUT2D eigenvalue weighted by molar-refractivity contribution is -0.385. The Morgan fingerprint density at radius 1 is 0.750 bits per heavy atom. The van der Waals surface area contributed by atoms with E-state index in [2.05, 4.69) is 0 Å². The maximum Gasteiger partial charge on any atom is 0.270 e. The Hall–Kier alpha value is -3.16. The summed E-state index contributed by atoms with van der Waals surface area (Å²) in [4.78, 5) is 20.1. The van der Waals surface area contributed by atoms with Crippen molar-refractivity contribution >= 4 is 11.4 Å². The Kier molecular flexibility index (Phi) is 3.21. The second-order valence-electron chi connectivity index (χ2n) is 3.92. The summed E-state index contributed by atoms with van der Waals surface area (Å²) in [5.74, 6) is -0.655. The van der Waals surface area contributed by atoms with Crippen LogP contribution in [-0.2, 0) is 0 Å². The number of hydrogen-bond acceptors (Lipinski definition) is 6. The fourth-order valence-electron chi connectivity index (χ4n) is 1.71. The van der Waals surface area contributed by atoms with Crippen molar-refractivity contribution in [2.45, 2.75) is 0 Å². The molecule has 0 bridgehead atoms. The van der Waals surface area contributed by atoms with Crippen LogP contribution >= 0.6 is 0 Å². The van der Waals surface area contributed by atoms with Crippen LogP contribution < -0.4 is 0 Å². The number of phenolic OH excluding ortho intramolecular Hbond substituents is 2. The molecule has 0 radical (unpaired) electrons. The minimum Gasteiger partial charge on any atom is -0.507 e. The molecule has 0 amide bonds. The third-order valence-corrected chi connectivity index (χ3v) is 2.67. The molecule has 0 aliphatic heterocycles. The van der Waals surface area contributed by atoms with E-state index in [4.69, 9.17) is 0 Å². The quantitative estimate of drug-likeness (QED) is 0.655. The van der Waals surface area contributed by atoms with E-state index in [0.29, 0.717) is 0 Å².